The van der Waals surface area contributed by atoms with Crippen LogP contribution in [-0.2, 0) is 36.9 Å². The van der Waals surface area contributed by atoms with Gasteiger partial charge in [-0.3, -0.25) is 0 Å². The number of halogens is 4. The lowest BCUT2D eigenvalue weighted by molar-refractivity contribution is 0.0122. The van der Waals surface area contributed by atoms with Crippen molar-refractivity contribution in [2.75, 3.05) is 56.4 Å². The zero-order valence-electron chi connectivity index (χ0n) is 47.8. The number of aromatic nitrogens is 4. The number of thiazole rings is 2. The fourth-order valence-corrected chi connectivity index (χ4v) is 17.9. The maximum Gasteiger partial charge on any atom is 0.337 e. The second-order valence-electron chi connectivity index (χ2n) is 24.7. The van der Waals surface area contributed by atoms with Crippen LogP contribution in [0.4, 0.5) is 10.3 Å². The van der Waals surface area contributed by atoms with Gasteiger partial charge in [0, 0.05) is 97.5 Å². The Morgan fingerprint density at radius 1 is 0.586 bits per heavy atom. The van der Waals surface area contributed by atoms with E-state index in [1.165, 1.54) is 7.11 Å². The number of benzene rings is 4. The van der Waals surface area contributed by atoms with Crippen LogP contribution in [0.15, 0.2) is 69.7 Å². The summed E-state index contributed by atoms with van der Waals surface area (Å²) in [7, 11) is 1.43. The van der Waals surface area contributed by atoms with Crippen LogP contribution in [0.2, 0.25) is 20.1 Å². The number of hydrogen-bond acceptors (Lipinski definition) is 17. The Bertz CT molecular complexity index is 3900. The minimum Gasteiger partial charge on any atom is -0.478 e. The summed E-state index contributed by atoms with van der Waals surface area (Å²) >= 11 is 29.5. The van der Waals surface area contributed by atoms with Gasteiger partial charge < -0.3 is 47.6 Å². The Morgan fingerprint density at radius 2 is 1.01 bits per heavy atom. The van der Waals surface area contributed by atoms with Crippen LogP contribution in [0, 0.1) is 11.8 Å². The standard InChI is InChI=1S/C33H33Cl2N3O5S.C32H31Cl2N3O5S/c1-40-32(39)19-12-22(17-7-9-41-10-8-17)29-27(13-19)44-33(36-29)38-15-20-11-21(38)14-26(20)42-16-23-30(37-43-31(23)18-5-6-18)28-24(34)3-2-4-25(28)35;33-23-2-1-3-24(34)27(23)29-22(30(42-36-29)17-4-5-17)15-41-25-13-20-10-19(25)14-37(20)32-35-28-21(16-6-8-40-9-7-16)11-18(31(38)39)12-26(28)43-32/h2-4,12-13,17-18,20-21,26H,5-11,14-16H2,1H3;1-3,11-12,16-17,19-20,25H,4-10,13-15H2,(H,38,39)/t20-,21-,26+;19-,20-,25+/m00/s1. The zero-order valence-corrected chi connectivity index (χ0v) is 52.5. The Hall–Kier alpha value is -5.38. The van der Waals surface area contributed by atoms with Crippen molar-refractivity contribution < 1.29 is 47.4 Å². The molecule has 87 heavy (non-hydrogen) atoms. The molecule has 16 rings (SSSR count). The number of carbonyl (C=O) groups is 2. The van der Waals surface area contributed by atoms with Gasteiger partial charge in [-0.15, -0.1) is 0 Å². The summed E-state index contributed by atoms with van der Waals surface area (Å²) < 4.78 is 43.2. The van der Waals surface area contributed by atoms with Gasteiger partial charge in [0.15, 0.2) is 10.3 Å². The average molecular weight is 1300 g/mol. The van der Waals surface area contributed by atoms with Gasteiger partial charge in [-0.25, -0.2) is 19.6 Å². The van der Waals surface area contributed by atoms with E-state index >= 15 is 0 Å². The molecule has 0 amide bonds. The number of esters is 1. The topological polar surface area (TPSA) is 185 Å². The molecule has 4 saturated carbocycles. The van der Waals surface area contributed by atoms with Crippen LogP contribution in [0.25, 0.3) is 42.9 Å². The molecule has 4 aliphatic carbocycles. The first kappa shape index (κ1) is 58.0. The molecule has 0 radical (unpaired) electrons. The SMILES string of the molecule is COC(=O)c1cc(C2CCOCC2)c2nc(N3C[C@@H]4C[C@H]3C[C@H]4OCc3c(-c4c(Cl)cccc4Cl)noc3C3CC3)sc2c1.O=C(O)c1cc(C2CCOCC2)c2nc(N3C[C@@H]4C[C@H]3C[C@H]4OCc3c(-c4c(Cl)cccc4Cl)noc3C3CC3)sc2c1. The molecule has 454 valence electrons. The number of methoxy groups -OCH3 is 1. The predicted molar refractivity (Wildman–Crippen MR) is 336 cm³/mol. The smallest absolute Gasteiger partial charge is 0.337 e. The van der Waals surface area contributed by atoms with Crippen LogP contribution in [0.5, 0.6) is 0 Å². The highest BCUT2D eigenvalue weighted by Crippen LogP contribution is 2.52. The molecule has 16 nitrogen and oxygen atoms in total. The molecule has 22 heteroatoms. The summed E-state index contributed by atoms with van der Waals surface area (Å²) in [6.45, 7) is 5.45. The molecular formula is C65H64Cl4N6O10S2. The predicted octanol–water partition coefficient (Wildman–Crippen LogP) is 15.9. The van der Waals surface area contributed by atoms with Gasteiger partial charge in [-0.1, -0.05) is 91.5 Å². The third kappa shape index (κ3) is 11.2. The van der Waals surface area contributed by atoms with Crippen LogP contribution in [-0.4, -0.2) is 108 Å². The van der Waals surface area contributed by atoms with Gasteiger partial charge in [0.05, 0.1) is 84.2 Å². The number of fused-ring (bicyclic) bond motifs is 6. The highest BCUT2D eigenvalue weighted by molar-refractivity contribution is 7.22. The molecule has 6 atom stereocenters. The van der Waals surface area contributed by atoms with Gasteiger partial charge in [0.1, 0.15) is 22.9 Å². The number of aromatic carboxylic acids is 1. The number of carboxylic acids is 1. The quantitative estimate of drug-likeness (QED) is 0.0900. The van der Waals surface area contributed by atoms with Gasteiger partial charge in [-0.05, 0) is 149 Å². The first-order valence-corrected chi connectivity index (χ1v) is 33.6. The number of carboxylic acid groups (broad SMARTS) is 1. The van der Waals surface area contributed by atoms with E-state index in [-0.39, 0.29) is 24.1 Å². The van der Waals surface area contributed by atoms with Gasteiger partial charge >= 0.3 is 11.9 Å². The maximum absolute atomic E-state index is 12.5. The van der Waals surface area contributed by atoms with Crippen molar-refractivity contribution in [2.45, 2.75) is 138 Å². The van der Waals surface area contributed by atoms with Crippen LogP contribution >= 0.6 is 69.1 Å². The normalized spacial score (nSPS) is 23.8. The Morgan fingerprint density at radius 3 is 1.40 bits per heavy atom. The first-order chi connectivity index (χ1) is 42.4. The Balaban J connectivity index is 0.000000147. The molecule has 8 heterocycles. The van der Waals surface area contributed by atoms with Crippen molar-refractivity contribution in [3.63, 3.8) is 0 Å². The molecule has 0 spiro atoms. The van der Waals surface area contributed by atoms with Crippen LogP contribution in [0.1, 0.15) is 155 Å². The van der Waals surface area contributed by atoms with E-state index in [9.17, 15) is 14.7 Å². The molecule has 4 bridgehead atoms. The number of nitrogens with zero attached hydrogens (tertiary/aromatic N) is 6. The van der Waals surface area contributed by atoms with E-state index in [4.69, 9.17) is 89.1 Å². The van der Waals surface area contributed by atoms with Crippen molar-refractivity contribution in [3.8, 4) is 22.5 Å². The number of carbonyl (C=O) groups excluding carboxylic acids is 1. The Kier molecular flexibility index (Phi) is 16.1. The van der Waals surface area contributed by atoms with E-state index in [0.29, 0.717) is 122 Å². The van der Waals surface area contributed by atoms with E-state index in [1.807, 2.05) is 54.6 Å². The summed E-state index contributed by atoms with van der Waals surface area (Å²) in [6.07, 6.45) is 12.3. The largest absolute Gasteiger partial charge is 0.478 e. The molecular weight excluding hydrogens is 1230 g/mol. The summed E-state index contributed by atoms with van der Waals surface area (Å²) in [5.41, 5.74) is 9.73. The van der Waals surface area contributed by atoms with Gasteiger partial charge in [-0.2, -0.15) is 0 Å². The number of anilines is 2. The third-order valence-electron chi connectivity index (χ3n) is 19.3. The first-order valence-electron chi connectivity index (χ1n) is 30.4. The highest BCUT2D eigenvalue weighted by Gasteiger charge is 2.49. The summed E-state index contributed by atoms with van der Waals surface area (Å²) in [5.74, 6) is 2.73. The lowest BCUT2D eigenvalue weighted by Gasteiger charge is -2.31. The molecule has 4 aliphatic heterocycles. The van der Waals surface area contributed by atoms with E-state index < -0.39 is 5.97 Å². The molecule has 0 unspecified atom stereocenters. The summed E-state index contributed by atoms with van der Waals surface area (Å²) in [4.78, 5) is 39.6. The third-order valence-corrected chi connectivity index (χ3v) is 22.6. The zero-order chi connectivity index (χ0) is 59.2. The Labute approximate surface area is 530 Å². The van der Waals surface area contributed by atoms with Crippen molar-refractivity contribution in [1.82, 2.24) is 20.3 Å². The molecule has 8 aliphatic rings. The number of piperidine rings is 2. The van der Waals surface area contributed by atoms with Crippen molar-refractivity contribution >= 4 is 112 Å². The van der Waals surface area contributed by atoms with E-state index in [1.54, 1.807) is 28.7 Å². The maximum atomic E-state index is 12.5. The molecule has 8 aromatic rings. The second-order valence-corrected chi connectivity index (χ2v) is 28.3. The van der Waals surface area contributed by atoms with E-state index in [2.05, 4.69) is 20.1 Å². The van der Waals surface area contributed by atoms with Gasteiger partial charge in [0.2, 0.25) is 0 Å². The monoisotopic (exact) mass is 1290 g/mol. The highest BCUT2D eigenvalue weighted by atomic mass is 35.5. The lowest BCUT2D eigenvalue weighted by Crippen LogP contribution is -2.38. The molecule has 4 aromatic carbocycles. The minimum absolute atomic E-state index is 0.128. The lowest BCUT2D eigenvalue weighted by atomic mass is 9.90. The fourth-order valence-electron chi connectivity index (χ4n) is 14.5. The minimum atomic E-state index is -0.900. The number of hydrogen-bond donors (Lipinski definition) is 1. The van der Waals surface area contributed by atoms with Crippen molar-refractivity contribution in [3.05, 3.63) is 126 Å². The summed E-state index contributed by atoms with van der Waals surface area (Å²) in [5, 5.41) is 22.8. The van der Waals surface area contributed by atoms with Crippen molar-refractivity contribution in [2.24, 2.45) is 11.8 Å². The fraction of sp³-hybridized carbons (Fsp3) is 0.477. The second kappa shape index (κ2) is 24.1. The van der Waals surface area contributed by atoms with Crippen LogP contribution in [0.3, 0.4) is 0 Å². The molecule has 8 fully saturated rings. The van der Waals surface area contributed by atoms with Crippen molar-refractivity contribution in [1.29, 1.82) is 0 Å². The van der Waals surface area contributed by atoms with Gasteiger partial charge in [0.25, 0.3) is 0 Å². The average Bonchev–Trinajstić information content (AvgIpc) is 2.35. The molecule has 4 saturated heterocycles. The van der Waals surface area contributed by atoms with Crippen LogP contribution < -0.4 is 9.80 Å². The van der Waals surface area contributed by atoms with E-state index in [0.717, 1.165) is 168 Å². The number of ether oxygens (including phenoxy) is 5. The molecule has 4 aromatic heterocycles. The number of rotatable bonds is 16. The summed E-state index contributed by atoms with van der Waals surface area (Å²) in [6, 6.07) is 19.2. The molecule has 1 N–H and O–H groups in total.